The number of unbranched alkanes of at least 4 members (excludes halogenated alkanes) is 41. The van der Waals surface area contributed by atoms with Crippen molar-refractivity contribution in [3.63, 3.8) is 0 Å². The van der Waals surface area contributed by atoms with Gasteiger partial charge in [0.15, 0.2) is 6.29 Å². The van der Waals surface area contributed by atoms with Gasteiger partial charge < -0.3 is 50.5 Å². The van der Waals surface area contributed by atoms with Crippen molar-refractivity contribution < 1.29 is 50.0 Å². The molecule has 0 bridgehead atoms. The van der Waals surface area contributed by atoms with Gasteiger partial charge in [-0.2, -0.15) is 0 Å². The van der Waals surface area contributed by atoms with E-state index in [-0.39, 0.29) is 6.42 Å². The summed E-state index contributed by atoms with van der Waals surface area (Å²) in [6, 6.07) is -1.16. The predicted octanol–water partition coefficient (Wildman–Crippen LogP) is 13.0. The second-order valence-corrected chi connectivity index (χ2v) is 21.8. The Hall–Kier alpha value is -0.890. The zero-order chi connectivity index (χ0) is 51.1. The molecule has 0 aliphatic carbocycles. The van der Waals surface area contributed by atoms with Crippen LogP contribution in [0, 0.1) is 0 Å². The number of rotatable bonds is 53. The molecule has 0 saturated carbocycles. The van der Waals surface area contributed by atoms with Crippen LogP contribution >= 0.6 is 0 Å². The molecule has 0 aromatic rings. The number of carbonyl (C=O) groups is 1. The predicted molar refractivity (Wildman–Crippen MR) is 289 cm³/mol. The third kappa shape index (κ3) is 36.9. The number of hydrogen-bond acceptors (Lipinski definition) is 10. The molecule has 1 fully saturated rings. The molecule has 1 amide bonds. The highest BCUT2D eigenvalue weighted by atomic mass is 16.7. The van der Waals surface area contributed by atoms with E-state index in [1.54, 1.807) is 0 Å². The molecule has 418 valence electrons. The number of aliphatic hydroxyl groups is 7. The topological polar surface area (TPSA) is 189 Å². The summed E-state index contributed by atoms with van der Waals surface area (Å²) >= 11 is 0. The molecule has 0 aromatic heterocycles. The lowest BCUT2D eigenvalue weighted by Gasteiger charge is -2.40. The van der Waals surface area contributed by atoms with Crippen LogP contribution in [0.3, 0.4) is 0 Å². The highest BCUT2D eigenvalue weighted by Gasteiger charge is 2.44. The minimum atomic E-state index is -1.66. The molecular weight excluding hydrogens is 883 g/mol. The minimum Gasteiger partial charge on any atom is -0.394 e. The van der Waals surface area contributed by atoms with Crippen LogP contribution < -0.4 is 5.32 Å². The smallest absolute Gasteiger partial charge is 0.249 e. The Morgan fingerprint density at radius 3 is 1.06 bits per heavy atom. The summed E-state index contributed by atoms with van der Waals surface area (Å²) in [5.41, 5.74) is 0. The van der Waals surface area contributed by atoms with Gasteiger partial charge in [-0.1, -0.05) is 290 Å². The number of carbonyl (C=O) groups excluding carboxylic acids is 1. The number of ether oxygens (including phenoxy) is 2. The van der Waals surface area contributed by atoms with E-state index in [0.717, 1.165) is 38.5 Å². The molecule has 0 aromatic carbocycles. The number of hydrogen-bond donors (Lipinski definition) is 8. The maximum absolute atomic E-state index is 13.1. The fourth-order valence-corrected chi connectivity index (χ4v) is 10.2. The molecule has 70 heavy (non-hydrogen) atoms. The van der Waals surface area contributed by atoms with Gasteiger partial charge in [0.1, 0.15) is 36.6 Å². The van der Waals surface area contributed by atoms with Gasteiger partial charge in [-0.3, -0.25) is 4.79 Å². The lowest BCUT2D eigenvalue weighted by atomic mass is 9.98. The van der Waals surface area contributed by atoms with E-state index >= 15 is 0 Å². The summed E-state index contributed by atoms with van der Waals surface area (Å²) in [5.74, 6) is -0.691. The van der Waals surface area contributed by atoms with Crippen molar-refractivity contribution in [3.8, 4) is 0 Å². The maximum Gasteiger partial charge on any atom is 0.249 e. The standard InChI is InChI=1S/C59H117NO10/c1-3-5-7-9-11-13-15-17-18-19-20-21-22-23-24-25-26-27-28-29-30-31-32-33-35-36-38-40-42-44-46-51(62)54(64)50(49-69-59-57(67)56(66)55(65)53(48-61)70-59)60-58(68)52(63)47-45-43-41-39-37-34-16-14-12-10-8-6-4-2/h50-57,59,61-67H,3-49H2,1-2H3,(H,60,68). The SMILES string of the molecule is CCCCCCCCCCCCCCCCCCCCCCCCCCCCCCCCC(O)C(O)C(COC1OC(CO)C(O)C(O)C1O)NC(=O)C(O)CCCCCCCCCCCCCCC. The largest absolute Gasteiger partial charge is 0.394 e. The highest BCUT2D eigenvalue weighted by molar-refractivity contribution is 5.80. The monoisotopic (exact) mass is 1000 g/mol. The van der Waals surface area contributed by atoms with Gasteiger partial charge in [0.25, 0.3) is 0 Å². The molecule has 1 rings (SSSR count). The molecule has 0 radical (unpaired) electrons. The molecule has 11 heteroatoms. The van der Waals surface area contributed by atoms with E-state index in [1.807, 2.05) is 0 Å². The molecule has 9 unspecified atom stereocenters. The molecule has 0 spiro atoms. The van der Waals surface area contributed by atoms with Gasteiger partial charge in [-0.15, -0.1) is 0 Å². The van der Waals surface area contributed by atoms with Crippen molar-refractivity contribution in [1.29, 1.82) is 0 Å². The Morgan fingerprint density at radius 2 is 0.743 bits per heavy atom. The van der Waals surface area contributed by atoms with Crippen LogP contribution in [-0.4, -0.2) is 110 Å². The van der Waals surface area contributed by atoms with Crippen molar-refractivity contribution in [2.45, 2.75) is 358 Å². The Morgan fingerprint density at radius 1 is 0.443 bits per heavy atom. The Labute approximate surface area is 430 Å². The zero-order valence-corrected chi connectivity index (χ0v) is 45.8. The number of nitrogens with one attached hydrogen (secondary N) is 1. The van der Waals surface area contributed by atoms with Crippen molar-refractivity contribution in [1.82, 2.24) is 5.32 Å². The molecule has 1 aliphatic rings. The van der Waals surface area contributed by atoms with Crippen LogP contribution in [0.1, 0.15) is 303 Å². The van der Waals surface area contributed by atoms with E-state index < -0.39 is 74.2 Å². The molecule has 11 nitrogen and oxygen atoms in total. The van der Waals surface area contributed by atoms with E-state index in [2.05, 4.69) is 19.2 Å². The third-order valence-electron chi connectivity index (χ3n) is 15.2. The Balaban J connectivity index is 2.20. The lowest BCUT2D eigenvalue weighted by Crippen LogP contribution is -2.60. The van der Waals surface area contributed by atoms with Gasteiger partial charge in [0, 0.05) is 0 Å². The van der Waals surface area contributed by atoms with Gasteiger partial charge in [-0.25, -0.2) is 0 Å². The van der Waals surface area contributed by atoms with E-state index in [0.29, 0.717) is 19.3 Å². The maximum atomic E-state index is 13.1. The molecule has 1 saturated heterocycles. The number of amides is 1. The van der Waals surface area contributed by atoms with Crippen molar-refractivity contribution >= 4 is 5.91 Å². The Kier molecular flexibility index (Phi) is 47.0. The fourth-order valence-electron chi connectivity index (χ4n) is 10.2. The van der Waals surface area contributed by atoms with E-state index in [1.165, 1.54) is 225 Å². The summed E-state index contributed by atoms with van der Waals surface area (Å²) in [6.07, 6.45) is 44.6. The van der Waals surface area contributed by atoms with Crippen LogP contribution in [-0.2, 0) is 14.3 Å². The summed E-state index contributed by atoms with van der Waals surface area (Å²) < 4.78 is 11.1. The molecule has 1 aliphatic heterocycles. The minimum absolute atomic E-state index is 0.266. The first kappa shape index (κ1) is 67.1. The first-order chi connectivity index (χ1) is 34.2. The summed E-state index contributed by atoms with van der Waals surface area (Å²) in [7, 11) is 0. The normalized spacial score (nSPS) is 20.2. The quantitative estimate of drug-likeness (QED) is 0.0272. The van der Waals surface area contributed by atoms with Crippen molar-refractivity contribution in [3.05, 3.63) is 0 Å². The third-order valence-corrected chi connectivity index (χ3v) is 15.2. The van der Waals surface area contributed by atoms with Crippen molar-refractivity contribution in [2.75, 3.05) is 13.2 Å². The number of aliphatic hydroxyl groups excluding tert-OH is 7. The van der Waals surface area contributed by atoms with Gasteiger partial charge >= 0.3 is 0 Å². The van der Waals surface area contributed by atoms with Crippen LogP contribution in [0.4, 0.5) is 0 Å². The zero-order valence-electron chi connectivity index (χ0n) is 45.8. The first-order valence-electron chi connectivity index (χ1n) is 30.4. The summed E-state index contributed by atoms with van der Waals surface area (Å²) in [5, 5.41) is 76.1. The van der Waals surface area contributed by atoms with Crippen LogP contribution in [0.5, 0.6) is 0 Å². The van der Waals surface area contributed by atoms with Crippen LogP contribution in [0.25, 0.3) is 0 Å². The van der Waals surface area contributed by atoms with Gasteiger partial charge in [0.05, 0.1) is 25.4 Å². The lowest BCUT2D eigenvalue weighted by molar-refractivity contribution is -0.303. The van der Waals surface area contributed by atoms with E-state index in [9.17, 15) is 40.5 Å². The average molecular weight is 1000 g/mol. The van der Waals surface area contributed by atoms with Gasteiger partial charge in [-0.05, 0) is 12.8 Å². The molecular formula is C59H117NO10. The highest BCUT2D eigenvalue weighted by Crippen LogP contribution is 2.24. The fraction of sp³-hybridized carbons (Fsp3) is 0.983. The van der Waals surface area contributed by atoms with E-state index in [4.69, 9.17) is 9.47 Å². The van der Waals surface area contributed by atoms with Crippen LogP contribution in [0.15, 0.2) is 0 Å². The second kappa shape index (κ2) is 49.0. The van der Waals surface area contributed by atoms with Gasteiger partial charge in [0.2, 0.25) is 5.91 Å². The Bertz CT molecular complexity index is 1100. The van der Waals surface area contributed by atoms with Crippen LogP contribution in [0.2, 0.25) is 0 Å². The molecule has 8 N–H and O–H groups in total. The second-order valence-electron chi connectivity index (χ2n) is 21.8. The molecule has 1 heterocycles. The van der Waals surface area contributed by atoms with Crippen molar-refractivity contribution in [2.24, 2.45) is 0 Å². The average Bonchev–Trinajstić information content (AvgIpc) is 3.36. The summed E-state index contributed by atoms with van der Waals surface area (Å²) in [6.45, 7) is 3.49. The molecule has 9 atom stereocenters. The summed E-state index contributed by atoms with van der Waals surface area (Å²) in [4.78, 5) is 13.1. The first-order valence-corrected chi connectivity index (χ1v) is 30.4.